The van der Waals surface area contributed by atoms with Gasteiger partial charge in [0.2, 0.25) is 5.91 Å². The summed E-state index contributed by atoms with van der Waals surface area (Å²) in [5, 5.41) is 5.56. The smallest absolute Gasteiger partial charge is 0.253 e. The monoisotopic (exact) mass is 416 g/mol. The third-order valence-corrected chi connectivity index (χ3v) is 5.25. The number of aryl methyl sites for hydroxylation is 2. The minimum absolute atomic E-state index is 0.114. The van der Waals surface area contributed by atoms with Gasteiger partial charge in [0, 0.05) is 41.6 Å². The van der Waals surface area contributed by atoms with E-state index in [0.29, 0.717) is 22.5 Å². The molecule has 1 aromatic heterocycles. The minimum Gasteiger partial charge on any atom is -0.332 e. The normalized spacial score (nSPS) is 15.8. The molecule has 0 spiro atoms. The van der Waals surface area contributed by atoms with Gasteiger partial charge in [0.25, 0.3) is 5.91 Å². The summed E-state index contributed by atoms with van der Waals surface area (Å²) in [7, 11) is 0. The number of nitrogens with zero attached hydrogens (tertiary/aromatic N) is 2. The molecule has 0 saturated heterocycles. The molecule has 6 nitrogen and oxygen atoms in total. The van der Waals surface area contributed by atoms with Gasteiger partial charge in [-0.3, -0.25) is 19.6 Å². The molecule has 0 bridgehead atoms. The van der Waals surface area contributed by atoms with E-state index in [2.05, 4.69) is 20.6 Å². The van der Waals surface area contributed by atoms with E-state index in [9.17, 15) is 14.0 Å². The van der Waals surface area contributed by atoms with Gasteiger partial charge in [-0.05, 0) is 43.2 Å². The van der Waals surface area contributed by atoms with Gasteiger partial charge in [-0.25, -0.2) is 4.39 Å². The highest BCUT2D eigenvalue weighted by molar-refractivity contribution is 6.07. The Morgan fingerprint density at radius 3 is 2.58 bits per heavy atom. The lowest BCUT2D eigenvalue weighted by atomic mass is 9.86. The largest absolute Gasteiger partial charge is 0.332 e. The number of aromatic nitrogens is 2. The summed E-state index contributed by atoms with van der Waals surface area (Å²) in [6.07, 6.45) is 4.92. The summed E-state index contributed by atoms with van der Waals surface area (Å²) >= 11 is 0. The Kier molecular flexibility index (Phi) is 5.58. The number of carbonyl (C=O) groups is 2. The molecular weight excluding hydrogens is 395 g/mol. The summed E-state index contributed by atoms with van der Waals surface area (Å²) in [5.41, 5.74) is 4.99. The van der Waals surface area contributed by atoms with Gasteiger partial charge in [0.1, 0.15) is 5.82 Å². The summed E-state index contributed by atoms with van der Waals surface area (Å²) in [4.78, 5) is 33.7. The van der Waals surface area contributed by atoms with Crippen LogP contribution in [0.1, 0.15) is 29.2 Å². The van der Waals surface area contributed by atoms with Crippen LogP contribution in [0.4, 0.5) is 10.1 Å². The van der Waals surface area contributed by atoms with E-state index in [-0.39, 0.29) is 24.1 Å². The van der Waals surface area contributed by atoms with E-state index in [1.807, 2.05) is 32.0 Å². The van der Waals surface area contributed by atoms with Crippen LogP contribution in [0.3, 0.4) is 0 Å². The van der Waals surface area contributed by atoms with Crippen LogP contribution in [0.5, 0.6) is 0 Å². The second-order valence-electron chi connectivity index (χ2n) is 7.50. The molecule has 2 amide bonds. The highest BCUT2D eigenvalue weighted by Gasteiger charge is 2.29. The average molecular weight is 416 g/mol. The number of rotatable bonds is 4. The SMILES string of the molecule is Cc1cnc(-c2ccc(C)c(NC(=O)C3=CNC(=O)CC3c3ccc(F)cc3)c2)cn1. The van der Waals surface area contributed by atoms with E-state index >= 15 is 0 Å². The zero-order chi connectivity index (χ0) is 22.0. The molecule has 0 aliphatic carbocycles. The molecule has 0 radical (unpaired) electrons. The summed E-state index contributed by atoms with van der Waals surface area (Å²) in [6, 6.07) is 11.5. The predicted molar refractivity (Wildman–Crippen MR) is 116 cm³/mol. The molecule has 1 aliphatic heterocycles. The van der Waals surface area contributed by atoms with Crippen molar-refractivity contribution in [1.82, 2.24) is 15.3 Å². The molecule has 1 atom stereocenters. The standard InChI is InChI=1S/C24H21FN4O2/c1-14-3-4-17(22-13-26-15(2)11-27-22)9-21(14)29-24(31)20-12-28-23(30)10-19(20)16-5-7-18(25)8-6-16/h3-9,11-13,19H,10H2,1-2H3,(H,28,30)(H,29,31). The molecule has 0 saturated carbocycles. The van der Waals surface area contributed by atoms with Crippen molar-refractivity contribution in [1.29, 1.82) is 0 Å². The van der Waals surface area contributed by atoms with Crippen LogP contribution >= 0.6 is 0 Å². The van der Waals surface area contributed by atoms with Gasteiger partial charge >= 0.3 is 0 Å². The van der Waals surface area contributed by atoms with E-state index in [1.54, 1.807) is 24.5 Å². The van der Waals surface area contributed by atoms with Crippen LogP contribution in [0.25, 0.3) is 11.3 Å². The molecule has 1 unspecified atom stereocenters. The molecule has 1 aliphatic rings. The molecule has 3 aromatic rings. The first-order valence-electron chi connectivity index (χ1n) is 9.86. The third-order valence-electron chi connectivity index (χ3n) is 5.25. The zero-order valence-electron chi connectivity index (χ0n) is 17.1. The number of benzene rings is 2. The Morgan fingerprint density at radius 2 is 1.87 bits per heavy atom. The summed E-state index contributed by atoms with van der Waals surface area (Å²) in [6.45, 7) is 3.76. The molecule has 2 N–H and O–H groups in total. The number of amides is 2. The average Bonchev–Trinajstić information content (AvgIpc) is 2.76. The summed E-state index contributed by atoms with van der Waals surface area (Å²) < 4.78 is 13.3. The Hall–Kier alpha value is -3.87. The molecule has 2 aromatic carbocycles. The molecule has 4 rings (SSSR count). The fraction of sp³-hybridized carbons (Fsp3) is 0.167. The number of hydrogen-bond donors (Lipinski definition) is 2. The van der Waals surface area contributed by atoms with E-state index in [1.165, 1.54) is 18.3 Å². The Bertz CT molecular complexity index is 1170. The number of anilines is 1. The van der Waals surface area contributed by atoms with Crippen molar-refractivity contribution < 1.29 is 14.0 Å². The third kappa shape index (κ3) is 4.50. The van der Waals surface area contributed by atoms with Crippen LogP contribution in [0.2, 0.25) is 0 Å². The number of nitrogens with one attached hydrogen (secondary N) is 2. The van der Waals surface area contributed by atoms with Crippen molar-refractivity contribution in [2.45, 2.75) is 26.2 Å². The second-order valence-corrected chi connectivity index (χ2v) is 7.50. The second kappa shape index (κ2) is 8.47. The number of hydrogen-bond acceptors (Lipinski definition) is 4. The first kappa shape index (κ1) is 20.4. The van der Waals surface area contributed by atoms with Gasteiger partial charge < -0.3 is 10.6 Å². The highest BCUT2D eigenvalue weighted by Crippen LogP contribution is 2.32. The summed E-state index contributed by atoms with van der Waals surface area (Å²) in [5.74, 6) is -1.35. The predicted octanol–water partition coefficient (Wildman–Crippen LogP) is 4.03. The molecule has 0 fully saturated rings. The maximum atomic E-state index is 13.3. The molecule has 31 heavy (non-hydrogen) atoms. The molecule has 2 heterocycles. The zero-order valence-corrected chi connectivity index (χ0v) is 17.1. The van der Waals surface area contributed by atoms with Crippen LogP contribution in [-0.2, 0) is 9.59 Å². The topological polar surface area (TPSA) is 84.0 Å². The van der Waals surface area contributed by atoms with Gasteiger partial charge in [0.05, 0.1) is 17.6 Å². The first-order valence-corrected chi connectivity index (χ1v) is 9.86. The molecule has 156 valence electrons. The van der Waals surface area contributed by atoms with Gasteiger partial charge in [-0.15, -0.1) is 0 Å². The highest BCUT2D eigenvalue weighted by atomic mass is 19.1. The van der Waals surface area contributed by atoms with Gasteiger partial charge in [0.15, 0.2) is 0 Å². The van der Waals surface area contributed by atoms with Crippen molar-refractivity contribution in [2.75, 3.05) is 5.32 Å². The Balaban J connectivity index is 1.62. The maximum absolute atomic E-state index is 13.3. The molecular formula is C24H21FN4O2. The Morgan fingerprint density at radius 1 is 1.10 bits per heavy atom. The lowest BCUT2D eigenvalue weighted by Gasteiger charge is -2.24. The molecule has 7 heteroatoms. The van der Waals surface area contributed by atoms with Crippen molar-refractivity contribution in [3.8, 4) is 11.3 Å². The van der Waals surface area contributed by atoms with E-state index in [4.69, 9.17) is 0 Å². The van der Waals surface area contributed by atoms with Gasteiger partial charge in [-0.2, -0.15) is 0 Å². The lowest BCUT2D eigenvalue weighted by molar-refractivity contribution is -0.121. The van der Waals surface area contributed by atoms with Gasteiger partial charge in [-0.1, -0.05) is 24.3 Å². The van der Waals surface area contributed by atoms with Crippen molar-refractivity contribution in [3.63, 3.8) is 0 Å². The van der Waals surface area contributed by atoms with E-state index in [0.717, 1.165) is 16.8 Å². The van der Waals surface area contributed by atoms with Crippen LogP contribution in [-0.4, -0.2) is 21.8 Å². The number of halogens is 1. The fourth-order valence-corrected chi connectivity index (χ4v) is 3.48. The van der Waals surface area contributed by atoms with Crippen molar-refractivity contribution in [3.05, 3.63) is 89.3 Å². The number of carbonyl (C=O) groups excluding carboxylic acids is 2. The first-order chi connectivity index (χ1) is 14.9. The van der Waals surface area contributed by atoms with Crippen molar-refractivity contribution >= 4 is 17.5 Å². The van der Waals surface area contributed by atoms with Crippen LogP contribution < -0.4 is 10.6 Å². The Labute approximate surface area is 179 Å². The minimum atomic E-state index is -0.458. The van der Waals surface area contributed by atoms with E-state index < -0.39 is 5.92 Å². The maximum Gasteiger partial charge on any atom is 0.253 e. The quantitative estimate of drug-likeness (QED) is 0.673. The lowest BCUT2D eigenvalue weighted by Crippen LogP contribution is -2.32. The van der Waals surface area contributed by atoms with Crippen LogP contribution in [0, 0.1) is 19.7 Å². The fourth-order valence-electron chi connectivity index (χ4n) is 3.48. The van der Waals surface area contributed by atoms with Crippen molar-refractivity contribution in [2.24, 2.45) is 0 Å². The van der Waals surface area contributed by atoms with Crippen LogP contribution in [0.15, 0.2) is 66.6 Å².